The Balaban J connectivity index is 4.25. The molecule has 0 radical (unpaired) electrons. The lowest BCUT2D eigenvalue weighted by molar-refractivity contribution is -0.144. The Labute approximate surface area is 103 Å². The van der Waals surface area contributed by atoms with E-state index in [1.54, 1.807) is 0 Å². The lowest BCUT2D eigenvalue weighted by atomic mass is 10.0. The van der Waals surface area contributed by atoms with Crippen molar-refractivity contribution >= 4 is 11.9 Å². The summed E-state index contributed by atoms with van der Waals surface area (Å²) in [5.41, 5.74) is 0. The maximum Gasteiger partial charge on any atom is 0.329 e. The van der Waals surface area contributed by atoms with Crippen molar-refractivity contribution in [3.05, 3.63) is 0 Å². The Morgan fingerprint density at radius 2 is 1.88 bits per heavy atom. The molecule has 3 atom stereocenters. The number of carbonyl (C=O) groups is 2. The minimum absolute atomic E-state index is 0.238. The highest BCUT2D eigenvalue weighted by molar-refractivity contribution is 5.83. The topological polar surface area (TPSA) is 67.4 Å². The SMILES string of the molecule is CCC(C)C(C)NCC(NC(C)=O)C(=O)OC. The first-order valence-electron chi connectivity index (χ1n) is 6.00. The lowest BCUT2D eigenvalue weighted by Gasteiger charge is -2.23. The molecular formula is C12H24N2O3. The standard InChI is InChI=1S/C12H24N2O3/c1-6-8(2)9(3)13-7-11(12(16)17-5)14-10(4)15/h8-9,11,13H,6-7H2,1-5H3,(H,14,15). The van der Waals surface area contributed by atoms with Crippen LogP contribution < -0.4 is 10.6 Å². The molecule has 5 nitrogen and oxygen atoms in total. The normalized spacial score (nSPS) is 15.8. The number of carbonyl (C=O) groups excluding carboxylic acids is 2. The number of methoxy groups -OCH3 is 1. The van der Waals surface area contributed by atoms with Crippen molar-refractivity contribution in [2.24, 2.45) is 5.92 Å². The largest absolute Gasteiger partial charge is 0.467 e. The van der Waals surface area contributed by atoms with Crippen LogP contribution in [0.4, 0.5) is 0 Å². The van der Waals surface area contributed by atoms with Crippen molar-refractivity contribution in [1.82, 2.24) is 10.6 Å². The second-order valence-corrected chi connectivity index (χ2v) is 4.36. The molecule has 17 heavy (non-hydrogen) atoms. The number of ether oxygens (including phenoxy) is 1. The fraction of sp³-hybridized carbons (Fsp3) is 0.833. The fourth-order valence-electron chi connectivity index (χ4n) is 1.44. The molecule has 0 aliphatic rings. The van der Waals surface area contributed by atoms with Gasteiger partial charge in [-0.1, -0.05) is 20.3 Å². The summed E-state index contributed by atoms with van der Waals surface area (Å²) in [6, 6.07) is -0.329. The van der Waals surface area contributed by atoms with E-state index in [0.29, 0.717) is 18.5 Å². The predicted molar refractivity (Wildman–Crippen MR) is 66.5 cm³/mol. The van der Waals surface area contributed by atoms with Gasteiger partial charge in [-0.15, -0.1) is 0 Å². The van der Waals surface area contributed by atoms with Crippen LogP contribution in [0.25, 0.3) is 0 Å². The molecule has 1 amide bonds. The molecule has 3 unspecified atom stereocenters. The quantitative estimate of drug-likeness (QED) is 0.647. The average Bonchev–Trinajstić information content (AvgIpc) is 2.31. The predicted octanol–water partition coefficient (Wildman–Crippen LogP) is 0.688. The molecule has 100 valence electrons. The van der Waals surface area contributed by atoms with Crippen molar-refractivity contribution in [3.63, 3.8) is 0 Å². The van der Waals surface area contributed by atoms with Gasteiger partial charge in [0.25, 0.3) is 0 Å². The molecule has 0 aliphatic carbocycles. The van der Waals surface area contributed by atoms with E-state index in [-0.39, 0.29) is 5.91 Å². The van der Waals surface area contributed by atoms with E-state index in [1.807, 2.05) is 0 Å². The van der Waals surface area contributed by atoms with Crippen LogP contribution in [0.2, 0.25) is 0 Å². The van der Waals surface area contributed by atoms with Gasteiger partial charge in [-0.05, 0) is 12.8 Å². The van der Waals surface area contributed by atoms with Gasteiger partial charge in [0.15, 0.2) is 0 Å². The van der Waals surface area contributed by atoms with E-state index >= 15 is 0 Å². The van der Waals surface area contributed by atoms with Crippen LogP contribution in [0.5, 0.6) is 0 Å². The summed E-state index contributed by atoms with van der Waals surface area (Å²) < 4.78 is 4.64. The van der Waals surface area contributed by atoms with Crippen LogP contribution >= 0.6 is 0 Å². The molecule has 0 bridgehead atoms. The molecule has 0 aromatic rings. The number of hydrogen-bond acceptors (Lipinski definition) is 4. The lowest BCUT2D eigenvalue weighted by Crippen LogP contribution is -2.49. The Hall–Kier alpha value is -1.10. The van der Waals surface area contributed by atoms with Crippen molar-refractivity contribution < 1.29 is 14.3 Å². The van der Waals surface area contributed by atoms with Crippen LogP contribution in [0.15, 0.2) is 0 Å². The molecule has 0 aromatic heterocycles. The summed E-state index contributed by atoms with van der Waals surface area (Å²) in [6.45, 7) is 8.10. The van der Waals surface area contributed by atoms with Gasteiger partial charge in [-0.25, -0.2) is 4.79 Å². The second kappa shape index (κ2) is 8.06. The molecule has 0 fully saturated rings. The summed E-state index contributed by atoms with van der Waals surface area (Å²) in [4.78, 5) is 22.4. The van der Waals surface area contributed by atoms with Gasteiger partial charge in [-0.2, -0.15) is 0 Å². The molecule has 0 saturated heterocycles. The Morgan fingerprint density at radius 3 is 2.29 bits per heavy atom. The Morgan fingerprint density at radius 1 is 1.29 bits per heavy atom. The van der Waals surface area contributed by atoms with Crippen LogP contribution in [0.1, 0.15) is 34.1 Å². The van der Waals surface area contributed by atoms with Gasteiger partial charge >= 0.3 is 5.97 Å². The molecule has 2 N–H and O–H groups in total. The van der Waals surface area contributed by atoms with Gasteiger partial charge in [0.05, 0.1) is 7.11 Å². The Bertz CT molecular complexity index is 256. The number of nitrogens with one attached hydrogen (secondary N) is 2. The second-order valence-electron chi connectivity index (χ2n) is 4.36. The molecule has 5 heteroatoms. The van der Waals surface area contributed by atoms with E-state index in [9.17, 15) is 9.59 Å². The molecule has 0 rings (SSSR count). The Kier molecular flexibility index (Phi) is 7.54. The van der Waals surface area contributed by atoms with Gasteiger partial charge in [-0.3, -0.25) is 4.79 Å². The van der Waals surface area contributed by atoms with Gasteiger partial charge in [0.2, 0.25) is 5.91 Å². The first kappa shape index (κ1) is 15.9. The van der Waals surface area contributed by atoms with E-state index in [2.05, 4.69) is 36.1 Å². The summed E-state index contributed by atoms with van der Waals surface area (Å²) in [7, 11) is 1.31. The maximum absolute atomic E-state index is 11.4. The van der Waals surface area contributed by atoms with Gasteiger partial charge in [0, 0.05) is 19.5 Å². The van der Waals surface area contributed by atoms with E-state index in [1.165, 1.54) is 14.0 Å². The molecule has 0 saturated carbocycles. The van der Waals surface area contributed by atoms with Crippen molar-refractivity contribution in [3.8, 4) is 0 Å². The zero-order chi connectivity index (χ0) is 13.4. The smallest absolute Gasteiger partial charge is 0.329 e. The van der Waals surface area contributed by atoms with Gasteiger partial charge in [0.1, 0.15) is 6.04 Å². The minimum Gasteiger partial charge on any atom is -0.467 e. The first-order valence-corrected chi connectivity index (χ1v) is 6.00. The van der Waals surface area contributed by atoms with E-state index in [4.69, 9.17) is 0 Å². The van der Waals surface area contributed by atoms with Crippen molar-refractivity contribution in [1.29, 1.82) is 0 Å². The highest BCUT2D eigenvalue weighted by atomic mass is 16.5. The third-order valence-electron chi connectivity index (χ3n) is 3.00. The van der Waals surface area contributed by atoms with Crippen LogP contribution in [0.3, 0.4) is 0 Å². The van der Waals surface area contributed by atoms with Crippen LogP contribution in [-0.4, -0.2) is 37.6 Å². The molecule has 0 spiro atoms. The van der Waals surface area contributed by atoms with Crippen LogP contribution in [-0.2, 0) is 14.3 Å². The van der Waals surface area contributed by atoms with E-state index < -0.39 is 12.0 Å². The molecule has 0 aliphatic heterocycles. The fourth-order valence-corrected chi connectivity index (χ4v) is 1.44. The van der Waals surface area contributed by atoms with Crippen LogP contribution in [0, 0.1) is 5.92 Å². The first-order chi connectivity index (χ1) is 7.92. The zero-order valence-corrected chi connectivity index (χ0v) is 11.4. The van der Waals surface area contributed by atoms with Gasteiger partial charge < -0.3 is 15.4 Å². The number of rotatable bonds is 7. The number of amides is 1. The molecule has 0 heterocycles. The minimum atomic E-state index is -0.621. The third kappa shape index (κ3) is 6.26. The summed E-state index contributed by atoms with van der Waals surface area (Å²) in [5, 5.41) is 5.81. The van der Waals surface area contributed by atoms with Crippen molar-refractivity contribution in [2.75, 3.05) is 13.7 Å². The number of esters is 1. The van der Waals surface area contributed by atoms with E-state index in [0.717, 1.165) is 6.42 Å². The zero-order valence-electron chi connectivity index (χ0n) is 11.4. The van der Waals surface area contributed by atoms with Crippen molar-refractivity contribution in [2.45, 2.75) is 46.2 Å². The monoisotopic (exact) mass is 244 g/mol. The summed E-state index contributed by atoms with van der Waals surface area (Å²) in [6.07, 6.45) is 1.07. The third-order valence-corrected chi connectivity index (χ3v) is 3.00. The average molecular weight is 244 g/mol. The number of hydrogen-bond donors (Lipinski definition) is 2. The summed E-state index contributed by atoms with van der Waals surface area (Å²) >= 11 is 0. The highest BCUT2D eigenvalue weighted by Crippen LogP contribution is 2.06. The maximum atomic E-state index is 11.4. The molecular weight excluding hydrogens is 220 g/mol. The highest BCUT2D eigenvalue weighted by Gasteiger charge is 2.21. The summed E-state index contributed by atoms with van der Waals surface area (Å²) in [5.74, 6) is -0.145. The molecule has 0 aromatic carbocycles.